The maximum Gasteiger partial charge on any atom is 0.256 e. The van der Waals surface area contributed by atoms with E-state index in [2.05, 4.69) is 5.32 Å². The third kappa shape index (κ3) is 3.47. The lowest BCUT2D eigenvalue weighted by molar-refractivity contribution is 0.0733. The van der Waals surface area contributed by atoms with Crippen LogP contribution in [0.3, 0.4) is 0 Å². The summed E-state index contributed by atoms with van der Waals surface area (Å²) in [6, 6.07) is 5.80. The molecule has 0 aliphatic carbocycles. The second-order valence-electron chi connectivity index (χ2n) is 4.19. The molecule has 18 heavy (non-hydrogen) atoms. The minimum Gasteiger partial charge on any atom is -0.395 e. The molecule has 0 saturated carbocycles. The zero-order valence-electron chi connectivity index (χ0n) is 11.4. The molecule has 0 aliphatic heterocycles. The molecule has 0 aromatic heterocycles. The number of amides is 1. The fourth-order valence-electron chi connectivity index (χ4n) is 1.87. The molecule has 1 aromatic rings. The van der Waals surface area contributed by atoms with Crippen molar-refractivity contribution in [3.05, 3.63) is 29.3 Å². The van der Waals surface area contributed by atoms with Gasteiger partial charge in [-0.2, -0.15) is 0 Å². The Hall–Kier alpha value is -1.55. The highest BCUT2D eigenvalue weighted by atomic mass is 16.3. The number of rotatable bonds is 6. The van der Waals surface area contributed by atoms with Gasteiger partial charge >= 0.3 is 0 Å². The number of anilines is 1. The Morgan fingerprint density at radius 1 is 1.39 bits per heavy atom. The molecular weight excluding hydrogens is 228 g/mol. The largest absolute Gasteiger partial charge is 0.395 e. The quantitative estimate of drug-likeness (QED) is 0.810. The molecule has 1 rings (SSSR count). The normalized spacial score (nSPS) is 10.2. The number of aliphatic hydroxyl groups is 1. The fourth-order valence-corrected chi connectivity index (χ4v) is 1.87. The Morgan fingerprint density at radius 3 is 2.67 bits per heavy atom. The maximum absolute atomic E-state index is 12.4. The van der Waals surface area contributed by atoms with Crippen molar-refractivity contribution in [1.29, 1.82) is 0 Å². The number of aliphatic hydroxyl groups excluding tert-OH is 1. The average Bonchev–Trinajstić information content (AvgIpc) is 2.37. The first kappa shape index (κ1) is 14.5. The van der Waals surface area contributed by atoms with Gasteiger partial charge in [0.25, 0.3) is 5.91 Å². The first-order valence-corrected chi connectivity index (χ1v) is 6.38. The first-order chi connectivity index (χ1) is 8.63. The molecule has 0 aliphatic rings. The number of carbonyl (C=O) groups is 1. The predicted octanol–water partition coefficient (Wildman–Crippen LogP) is 1.88. The van der Waals surface area contributed by atoms with Crippen molar-refractivity contribution in [1.82, 2.24) is 4.90 Å². The van der Waals surface area contributed by atoms with Gasteiger partial charge in [-0.05, 0) is 32.9 Å². The van der Waals surface area contributed by atoms with Crippen LogP contribution in [0.1, 0.15) is 29.8 Å². The predicted molar refractivity (Wildman–Crippen MR) is 74.0 cm³/mol. The van der Waals surface area contributed by atoms with Crippen molar-refractivity contribution >= 4 is 11.6 Å². The summed E-state index contributed by atoms with van der Waals surface area (Å²) in [5.41, 5.74) is 2.58. The van der Waals surface area contributed by atoms with Gasteiger partial charge < -0.3 is 15.3 Å². The average molecular weight is 250 g/mol. The van der Waals surface area contributed by atoms with Gasteiger partial charge in [0.15, 0.2) is 0 Å². The Balaban J connectivity index is 3.05. The number of hydrogen-bond donors (Lipinski definition) is 2. The molecule has 0 unspecified atom stereocenters. The summed E-state index contributed by atoms with van der Waals surface area (Å²) in [5.74, 6) is -0.0359. The number of nitrogens with one attached hydrogen (secondary N) is 1. The lowest BCUT2D eigenvalue weighted by Gasteiger charge is -2.21. The van der Waals surface area contributed by atoms with E-state index in [1.807, 2.05) is 39.0 Å². The molecule has 0 atom stereocenters. The smallest absolute Gasteiger partial charge is 0.256 e. The van der Waals surface area contributed by atoms with Gasteiger partial charge in [-0.1, -0.05) is 11.6 Å². The molecular formula is C14H22N2O2. The molecule has 100 valence electrons. The summed E-state index contributed by atoms with van der Waals surface area (Å²) in [6.07, 6.45) is 0. The lowest BCUT2D eigenvalue weighted by Crippen LogP contribution is -2.33. The highest BCUT2D eigenvalue weighted by Gasteiger charge is 2.17. The summed E-state index contributed by atoms with van der Waals surface area (Å²) in [7, 11) is 0. The fraction of sp³-hybridized carbons (Fsp3) is 0.500. The second kappa shape index (κ2) is 7.01. The summed E-state index contributed by atoms with van der Waals surface area (Å²) in [5, 5.41) is 12.2. The summed E-state index contributed by atoms with van der Waals surface area (Å²) in [6.45, 7) is 7.61. The van der Waals surface area contributed by atoms with Crippen molar-refractivity contribution in [2.75, 3.05) is 31.6 Å². The topological polar surface area (TPSA) is 52.6 Å². The molecule has 2 N–H and O–H groups in total. The number of likely N-dealkylation sites (N-methyl/N-ethyl adjacent to an activating group) is 1. The van der Waals surface area contributed by atoms with Gasteiger partial charge in [-0.15, -0.1) is 0 Å². The monoisotopic (exact) mass is 250 g/mol. The molecule has 0 heterocycles. The van der Waals surface area contributed by atoms with Crippen LogP contribution in [0.5, 0.6) is 0 Å². The number of benzene rings is 1. The van der Waals surface area contributed by atoms with Gasteiger partial charge in [0.2, 0.25) is 0 Å². The highest BCUT2D eigenvalue weighted by Crippen LogP contribution is 2.19. The highest BCUT2D eigenvalue weighted by molar-refractivity contribution is 5.99. The van der Waals surface area contributed by atoms with E-state index in [0.717, 1.165) is 17.8 Å². The third-order valence-electron chi connectivity index (χ3n) is 2.81. The molecule has 1 amide bonds. The molecule has 4 nitrogen and oxygen atoms in total. The van der Waals surface area contributed by atoms with Gasteiger partial charge in [-0.25, -0.2) is 0 Å². The van der Waals surface area contributed by atoms with E-state index in [0.29, 0.717) is 18.7 Å². The summed E-state index contributed by atoms with van der Waals surface area (Å²) >= 11 is 0. The molecule has 4 heteroatoms. The van der Waals surface area contributed by atoms with Crippen LogP contribution in [0.2, 0.25) is 0 Å². The SMILES string of the molecule is CCNc1ccc(C)cc1C(=O)N(CC)CCO. The molecule has 0 radical (unpaired) electrons. The maximum atomic E-state index is 12.4. The number of aryl methyl sites for hydroxylation is 1. The second-order valence-corrected chi connectivity index (χ2v) is 4.19. The minimum atomic E-state index is -0.0359. The van der Waals surface area contributed by atoms with Crippen LogP contribution < -0.4 is 5.32 Å². The number of hydrogen-bond acceptors (Lipinski definition) is 3. The van der Waals surface area contributed by atoms with Crippen molar-refractivity contribution in [3.63, 3.8) is 0 Å². The summed E-state index contributed by atoms with van der Waals surface area (Å²) < 4.78 is 0. The van der Waals surface area contributed by atoms with Gasteiger partial charge in [0.05, 0.1) is 12.2 Å². The Bertz CT molecular complexity index is 405. The molecule has 1 aromatic carbocycles. The van der Waals surface area contributed by atoms with Crippen molar-refractivity contribution in [2.45, 2.75) is 20.8 Å². The zero-order valence-corrected chi connectivity index (χ0v) is 11.4. The van der Waals surface area contributed by atoms with Crippen LogP contribution >= 0.6 is 0 Å². The Morgan fingerprint density at radius 2 is 2.11 bits per heavy atom. The van der Waals surface area contributed by atoms with E-state index in [-0.39, 0.29) is 12.5 Å². The van der Waals surface area contributed by atoms with E-state index in [1.165, 1.54) is 0 Å². The molecule has 0 spiro atoms. The molecule has 0 saturated heterocycles. The Labute approximate surface area is 109 Å². The van der Waals surface area contributed by atoms with Crippen LogP contribution in [0, 0.1) is 6.92 Å². The van der Waals surface area contributed by atoms with E-state index in [4.69, 9.17) is 5.11 Å². The molecule has 0 bridgehead atoms. The zero-order chi connectivity index (χ0) is 13.5. The Kier molecular flexibility index (Phi) is 5.65. The lowest BCUT2D eigenvalue weighted by atomic mass is 10.1. The van der Waals surface area contributed by atoms with Gasteiger partial charge in [-0.3, -0.25) is 4.79 Å². The molecule has 0 fully saturated rings. The van der Waals surface area contributed by atoms with Crippen LogP contribution in [-0.4, -0.2) is 42.2 Å². The van der Waals surface area contributed by atoms with Crippen LogP contribution in [0.4, 0.5) is 5.69 Å². The first-order valence-electron chi connectivity index (χ1n) is 6.38. The van der Waals surface area contributed by atoms with Crippen molar-refractivity contribution < 1.29 is 9.90 Å². The standard InChI is InChI=1S/C14H22N2O2/c1-4-15-13-7-6-11(3)10-12(13)14(18)16(5-2)8-9-17/h6-7,10,15,17H,4-5,8-9H2,1-3H3. The van der Waals surface area contributed by atoms with Crippen LogP contribution in [-0.2, 0) is 0 Å². The van der Waals surface area contributed by atoms with Gasteiger partial charge in [0, 0.05) is 25.3 Å². The van der Waals surface area contributed by atoms with Crippen molar-refractivity contribution in [3.8, 4) is 0 Å². The van der Waals surface area contributed by atoms with Gasteiger partial charge in [0.1, 0.15) is 0 Å². The van der Waals surface area contributed by atoms with Crippen LogP contribution in [0.15, 0.2) is 18.2 Å². The third-order valence-corrected chi connectivity index (χ3v) is 2.81. The van der Waals surface area contributed by atoms with E-state index < -0.39 is 0 Å². The van der Waals surface area contributed by atoms with Crippen molar-refractivity contribution in [2.24, 2.45) is 0 Å². The summed E-state index contributed by atoms with van der Waals surface area (Å²) in [4.78, 5) is 14.0. The van der Waals surface area contributed by atoms with E-state index in [1.54, 1.807) is 4.90 Å². The minimum absolute atomic E-state index is 0.0120. The number of carbonyl (C=O) groups excluding carboxylic acids is 1. The van der Waals surface area contributed by atoms with E-state index in [9.17, 15) is 4.79 Å². The van der Waals surface area contributed by atoms with Crippen LogP contribution in [0.25, 0.3) is 0 Å². The van der Waals surface area contributed by atoms with E-state index >= 15 is 0 Å². The number of nitrogens with zero attached hydrogens (tertiary/aromatic N) is 1.